The maximum Gasteiger partial charge on any atom is 0.282 e. The van der Waals surface area contributed by atoms with Crippen LogP contribution in [0.2, 0.25) is 5.82 Å². The van der Waals surface area contributed by atoms with Crippen LogP contribution in [-0.4, -0.2) is 37.9 Å². The molecule has 0 saturated heterocycles. The fourth-order valence-electron chi connectivity index (χ4n) is 2.01. The van der Waals surface area contributed by atoms with E-state index in [9.17, 15) is 5.11 Å². The third-order valence-corrected chi connectivity index (χ3v) is 3.66. The molecule has 1 aromatic carbocycles. The third kappa shape index (κ3) is 7.18. The molecule has 0 aliphatic heterocycles. The number of halogens is 1. The first-order valence-corrected chi connectivity index (χ1v) is 7.98. The van der Waals surface area contributed by atoms with Crippen molar-refractivity contribution < 1.29 is 14.5 Å². The van der Waals surface area contributed by atoms with Crippen molar-refractivity contribution in [1.82, 2.24) is 0 Å². The van der Waals surface area contributed by atoms with Gasteiger partial charge in [-0.2, -0.15) is 0 Å². The van der Waals surface area contributed by atoms with Crippen molar-refractivity contribution in [2.45, 2.75) is 38.1 Å². The van der Waals surface area contributed by atoms with Crippen LogP contribution in [0.1, 0.15) is 25.3 Å². The fourth-order valence-corrected chi connectivity index (χ4v) is 2.26. The van der Waals surface area contributed by atoms with Crippen LogP contribution in [0.3, 0.4) is 0 Å². The monoisotopic (exact) mass is 313 g/mol. The molecule has 0 saturated carbocycles. The van der Waals surface area contributed by atoms with E-state index in [1.165, 1.54) is 0 Å². The summed E-state index contributed by atoms with van der Waals surface area (Å²) < 4.78 is 10.8. The van der Waals surface area contributed by atoms with Gasteiger partial charge in [-0.25, -0.2) is 0 Å². The molecule has 118 valence electrons. The van der Waals surface area contributed by atoms with Crippen LogP contribution in [-0.2, 0) is 11.1 Å². The average Bonchev–Trinajstić information content (AvgIpc) is 2.52. The molecular weight excluding hydrogens is 288 g/mol. The van der Waals surface area contributed by atoms with Crippen LogP contribution in [0.25, 0.3) is 0 Å². The van der Waals surface area contributed by atoms with Gasteiger partial charge in [0.25, 0.3) is 7.48 Å². The van der Waals surface area contributed by atoms with E-state index in [1.807, 2.05) is 24.3 Å². The Labute approximate surface area is 132 Å². The molecule has 0 radical (unpaired) electrons. The summed E-state index contributed by atoms with van der Waals surface area (Å²) in [6.45, 7) is 3.03. The molecule has 1 rings (SSSR count). The Balaban J connectivity index is 2.54. The van der Waals surface area contributed by atoms with Gasteiger partial charge in [0.2, 0.25) is 0 Å². The van der Waals surface area contributed by atoms with E-state index in [4.69, 9.17) is 26.7 Å². The molecule has 0 aliphatic rings. The highest BCUT2D eigenvalue weighted by Crippen LogP contribution is 2.21. The van der Waals surface area contributed by atoms with Gasteiger partial charge in [-0.1, -0.05) is 25.5 Å². The molecule has 0 heterocycles. The molecule has 0 unspecified atom stereocenters. The largest absolute Gasteiger partial charge is 0.494 e. The normalized spacial score (nSPS) is 13.7. The minimum Gasteiger partial charge on any atom is -0.494 e. The summed E-state index contributed by atoms with van der Waals surface area (Å²) >= 11 is 5.73. The Morgan fingerprint density at radius 2 is 2.05 bits per heavy atom. The van der Waals surface area contributed by atoms with Crippen LogP contribution in [0.15, 0.2) is 24.3 Å². The number of hydrogen-bond acceptors (Lipinski definition) is 4. The molecule has 3 N–H and O–H groups in total. The summed E-state index contributed by atoms with van der Waals surface area (Å²) in [5.74, 6) is 1.01. The summed E-state index contributed by atoms with van der Waals surface area (Å²) in [4.78, 5) is 0. The third-order valence-electron chi connectivity index (χ3n) is 3.34. The lowest BCUT2D eigenvalue weighted by Gasteiger charge is -2.20. The molecule has 0 spiro atoms. The van der Waals surface area contributed by atoms with Crippen molar-refractivity contribution in [2.75, 3.05) is 19.2 Å². The van der Waals surface area contributed by atoms with Gasteiger partial charge in [-0.05, 0) is 36.4 Å². The first-order valence-electron chi connectivity index (χ1n) is 7.44. The number of aliphatic hydroxyl groups excluding tert-OH is 1. The first-order chi connectivity index (χ1) is 10.2. The number of ether oxygens (including phenoxy) is 1. The van der Waals surface area contributed by atoms with E-state index in [-0.39, 0.29) is 18.4 Å². The fraction of sp³-hybridized carbons (Fsp3) is 0.600. The molecule has 4 nitrogen and oxygen atoms in total. The standard InChI is InChI=1S/C15H25BClNO3/c1-2-3-8-20-13-6-4-12(5-7-13)9-14(15(19)10-17)16-21-11-18/h4-7,14-16,19H,2-3,8-11,18H2,1H3/t14-,15-/m0/s1. The maximum atomic E-state index is 9.93. The molecule has 6 heteroatoms. The van der Waals surface area contributed by atoms with E-state index in [1.54, 1.807) is 0 Å². The van der Waals surface area contributed by atoms with Crippen LogP contribution >= 0.6 is 11.6 Å². The number of benzene rings is 1. The quantitative estimate of drug-likeness (QED) is 0.284. The van der Waals surface area contributed by atoms with Gasteiger partial charge in [0.1, 0.15) is 5.75 Å². The van der Waals surface area contributed by atoms with Crippen LogP contribution < -0.4 is 10.5 Å². The zero-order valence-corrected chi connectivity index (χ0v) is 13.4. The number of aliphatic hydroxyl groups is 1. The predicted octanol–water partition coefficient (Wildman–Crippen LogP) is 2.08. The first kappa shape index (κ1) is 18.3. The van der Waals surface area contributed by atoms with Crippen molar-refractivity contribution in [3.05, 3.63) is 29.8 Å². The molecular formula is C15H25BClNO3. The summed E-state index contributed by atoms with van der Waals surface area (Å²) in [6, 6.07) is 7.94. The molecule has 0 aliphatic carbocycles. The van der Waals surface area contributed by atoms with Crippen LogP contribution in [0, 0.1) is 0 Å². The minimum atomic E-state index is -0.598. The number of alkyl halides is 1. The van der Waals surface area contributed by atoms with Gasteiger partial charge in [-0.3, -0.25) is 0 Å². The van der Waals surface area contributed by atoms with E-state index in [0.29, 0.717) is 13.9 Å². The number of hydrogen-bond donors (Lipinski definition) is 2. The van der Waals surface area contributed by atoms with Crippen molar-refractivity contribution in [2.24, 2.45) is 5.73 Å². The second kappa shape index (κ2) is 10.9. The molecule has 1 aromatic rings. The zero-order chi connectivity index (χ0) is 15.5. The molecule has 2 atom stereocenters. The van der Waals surface area contributed by atoms with Crippen LogP contribution in [0.4, 0.5) is 0 Å². The van der Waals surface area contributed by atoms with Gasteiger partial charge in [0, 0.05) is 5.88 Å². The summed E-state index contributed by atoms with van der Waals surface area (Å²) in [5.41, 5.74) is 6.45. The molecule has 0 bridgehead atoms. The Hall–Kier alpha value is -0.745. The lowest BCUT2D eigenvalue weighted by atomic mass is 9.72. The van der Waals surface area contributed by atoms with E-state index in [0.717, 1.165) is 30.8 Å². The van der Waals surface area contributed by atoms with Crippen molar-refractivity contribution in [3.8, 4) is 5.75 Å². The lowest BCUT2D eigenvalue weighted by Crippen LogP contribution is -2.27. The number of unbranched alkanes of at least 4 members (excludes halogenated alkanes) is 1. The second-order valence-corrected chi connectivity index (χ2v) is 5.38. The van der Waals surface area contributed by atoms with Crippen molar-refractivity contribution in [3.63, 3.8) is 0 Å². The number of rotatable bonds is 11. The van der Waals surface area contributed by atoms with Gasteiger partial charge >= 0.3 is 0 Å². The Bertz CT molecular complexity index is 378. The van der Waals surface area contributed by atoms with Gasteiger partial charge in [0.15, 0.2) is 0 Å². The summed E-state index contributed by atoms with van der Waals surface area (Å²) in [5, 5.41) is 9.93. The predicted molar refractivity (Wildman–Crippen MR) is 88.3 cm³/mol. The van der Waals surface area contributed by atoms with Gasteiger partial charge < -0.3 is 20.2 Å². The van der Waals surface area contributed by atoms with E-state index < -0.39 is 6.10 Å². The lowest BCUT2D eigenvalue weighted by molar-refractivity contribution is 0.179. The molecule has 21 heavy (non-hydrogen) atoms. The number of nitrogens with two attached hydrogens (primary N) is 1. The second-order valence-electron chi connectivity index (χ2n) is 5.07. The molecule has 0 aromatic heterocycles. The molecule has 0 amide bonds. The zero-order valence-electron chi connectivity index (χ0n) is 12.6. The van der Waals surface area contributed by atoms with E-state index in [2.05, 4.69) is 6.92 Å². The maximum absolute atomic E-state index is 9.93. The molecule has 0 fully saturated rings. The van der Waals surface area contributed by atoms with Gasteiger partial charge in [0.05, 0.1) is 19.4 Å². The van der Waals surface area contributed by atoms with Crippen molar-refractivity contribution >= 4 is 19.1 Å². The van der Waals surface area contributed by atoms with Crippen molar-refractivity contribution in [1.29, 1.82) is 0 Å². The highest BCUT2D eigenvalue weighted by molar-refractivity contribution is 6.30. The Morgan fingerprint density at radius 3 is 2.62 bits per heavy atom. The SMILES string of the molecule is CCCCOc1ccc(C[C@H](BOCN)[C@@H](O)CCl)cc1. The summed E-state index contributed by atoms with van der Waals surface area (Å²) in [6.07, 6.45) is 2.28. The minimum absolute atomic E-state index is 0.0575. The van der Waals surface area contributed by atoms with Gasteiger partial charge in [-0.15, -0.1) is 11.6 Å². The average molecular weight is 314 g/mol. The topological polar surface area (TPSA) is 64.7 Å². The highest BCUT2D eigenvalue weighted by Gasteiger charge is 2.21. The Morgan fingerprint density at radius 1 is 1.33 bits per heavy atom. The highest BCUT2D eigenvalue weighted by atomic mass is 35.5. The van der Waals surface area contributed by atoms with E-state index >= 15 is 0 Å². The Kier molecular flexibility index (Phi) is 9.51. The van der Waals surface area contributed by atoms with Crippen LogP contribution in [0.5, 0.6) is 5.75 Å². The summed E-state index contributed by atoms with van der Waals surface area (Å²) in [7, 11) is 0.402. The smallest absolute Gasteiger partial charge is 0.282 e.